The second-order valence-corrected chi connectivity index (χ2v) is 6.70. The van der Waals surface area contributed by atoms with Gasteiger partial charge in [0.1, 0.15) is 6.10 Å². The van der Waals surface area contributed by atoms with Crippen molar-refractivity contribution in [1.82, 2.24) is 4.90 Å². The Hall–Kier alpha value is -1.46. The van der Waals surface area contributed by atoms with Gasteiger partial charge in [0.15, 0.2) is 0 Å². The lowest BCUT2D eigenvalue weighted by atomic mass is 10.1. The van der Waals surface area contributed by atoms with Crippen molar-refractivity contribution in [2.45, 2.75) is 6.10 Å². The van der Waals surface area contributed by atoms with Gasteiger partial charge in [-0.1, -0.05) is 46.9 Å². The number of nitrogens with zero attached hydrogens (tertiary/aromatic N) is 1. The van der Waals surface area contributed by atoms with Gasteiger partial charge in [0.2, 0.25) is 0 Å². The molecule has 1 fully saturated rings. The van der Waals surface area contributed by atoms with Crippen LogP contribution in [0.2, 0.25) is 15.1 Å². The Morgan fingerprint density at radius 3 is 2.54 bits per heavy atom. The van der Waals surface area contributed by atoms with Crippen LogP contribution in [0, 0.1) is 0 Å². The predicted molar refractivity (Wildman–Crippen MR) is 97.2 cm³/mol. The average molecular weight is 386 g/mol. The van der Waals surface area contributed by atoms with Crippen molar-refractivity contribution in [3.63, 3.8) is 0 Å². The molecule has 126 valence electrons. The van der Waals surface area contributed by atoms with E-state index < -0.39 is 0 Å². The molecule has 1 unspecified atom stereocenters. The fraction of sp³-hybridized carbons (Fsp3) is 0.235. The first kappa shape index (κ1) is 17.4. The van der Waals surface area contributed by atoms with Crippen LogP contribution in [0.4, 0.5) is 10.5 Å². The molecule has 2 aromatic carbocycles. The van der Waals surface area contributed by atoms with Crippen molar-refractivity contribution in [1.29, 1.82) is 0 Å². The van der Waals surface area contributed by atoms with E-state index in [4.69, 9.17) is 39.5 Å². The third-order valence-corrected chi connectivity index (χ3v) is 4.49. The summed E-state index contributed by atoms with van der Waals surface area (Å²) in [4.78, 5) is 14.2. The summed E-state index contributed by atoms with van der Waals surface area (Å²) in [5.74, 6) is 0. The molecule has 7 heteroatoms. The van der Waals surface area contributed by atoms with Crippen molar-refractivity contribution >= 4 is 46.5 Å². The highest BCUT2D eigenvalue weighted by Crippen LogP contribution is 2.28. The zero-order chi connectivity index (χ0) is 17.1. The van der Waals surface area contributed by atoms with E-state index in [9.17, 15) is 4.79 Å². The molecule has 1 aliphatic rings. The van der Waals surface area contributed by atoms with Crippen LogP contribution in [-0.4, -0.2) is 30.6 Å². The molecule has 1 aliphatic heterocycles. The van der Waals surface area contributed by atoms with Crippen LogP contribution in [0.25, 0.3) is 0 Å². The molecule has 0 bridgehead atoms. The topological polar surface area (TPSA) is 41.6 Å². The Morgan fingerprint density at radius 2 is 1.83 bits per heavy atom. The molecule has 24 heavy (non-hydrogen) atoms. The van der Waals surface area contributed by atoms with E-state index >= 15 is 0 Å². The number of hydrogen-bond acceptors (Lipinski definition) is 2. The molecular formula is C17H15Cl3N2O2. The lowest BCUT2D eigenvalue weighted by Gasteiger charge is -2.33. The first-order chi connectivity index (χ1) is 11.5. The highest BCUT2D eigenvalue weighted by Gasteiger charge is 2.26. The maximum absolute atomic E-state index is 12.5. The molecule has 1 N–H and O–H groups in total. The van der Waals surface area contributed by atoms with Crippen LogP contribution in [0.3, 0.4) is 0 Å². The summed E-state index contributed by atoms with van der Waals surface area (Å²) < 4.78 is 5.76. The van der Waals surface area contributed by atoms with Crippen LogP contribution in [-0.2, 0) is 4.74 Å². The smallest absolute Gasteiger partial charge is 0.322 e. The van der Waals surface area contributed by atoms with Crippen LogP contribution >= 0.6 is 34.8 Å². The van der Waals surface area contributed by atoms with Crippen molar-refractivity contribution < 1.29 is 9.53 Å². The van der Waals surface area contributed by atoms with E-state index in [1.165, 1.54) is 0 Å². The third-order valence-electron chi connectivity index (χ3n) is 3.73. The first-order valence-corrected chi connectivity index (χ1v) is 8.54. The van der Waals surface area contributed by atoms with Gasteiger partial charge in [-0.3, -0.25) is 0 Å². The number of urea groups is 1. The van der Waals surface area contributed by atoms with E-state index in [0.717, 1.165) is 5.56 Å². The van der Waals surface area contributed by atoms with Gasteiger partial charge in [-0.2, -0.15) is 0 Å². The van der Waals surface area contributed by atoms with E-state index in [0.29, 0.717) is 40.5 Å². The standard InChI is InChI=1S/C17H15Cl3N2O2/c18-12-7-11(8-13(19)9-12)16-10-22(5-6-24-16)17(23)21-15-4-2-1-3-14(15)20/h1-4,7-9,16H,5-6,10H2,(H,21,23). The Kier molecular flexibility index (Phi) is 5.51. The average Bonchev–Trinajstić information content (AvgIpc) is 2.56. The summed E-state index contributed by atoms with van der Waals surface area (Å²) in [5, 5.41) is 4.40. The van der Waals surface area contributed by atoms with Gasteiger partial charge < -0.3 is 15.0 Å². The molecule has 1 heterocycles. The molecule has 1 atom stereocenters. The summed E-state index contributed by atoms with van der Waals surface area (Å²) >= 11 is 18.2. The number of carbonyl (C=O) groups is 1. The van der Waals surface area contributed by atoms with E-state index in [1.807, 2.05) is 12.1 Å². The number of nitrogens with one attached hydrogen (secondary N) is 1. The number of amides is 2. The SMILES string of the molecule is O=C(Nc1ccccc1Cl)N1CCOC(c2cc(Cl)cc(Cl)c2)C1. The van der Waals surface area contributed by atoms with Gasteiger partial charge in [0.25, 0.3) is 0 Å². The number of ether oxygens (including phenoxy) is 1. The second-order valence-electron chi connectivity index (χ2n) is 5.42. The molecule has 1 saturated heterocycles. The Balaban J connectivity index is 1.71. The number of hydrogen-bond donors (Lipinski definition) is 1. The van der Waals surface area contributed by atoms with Gasteiger partial charge in [0.05, 0.1) is 23.9 Å². The van der Waals surface area contributed by atoms with Gasteiger partial charge in [-0.15, -0.1) is 0 Å². The fourth-order valence-electron chi connectivity index (χ4n) is 2.55. The quantitative estimate of drug-likeness (QED) is 0.767. The van der Waals surface area contributed by atoms with Gasteiger partial charge in [-0.05, 0) is 35.9 Å². The van der Waals surface area contributed by atoms with Gasteiger partial charge >= 0.3 is 6.03 Å². The zero-order valence-corrected chi connectivity index (χ0v) is 14.9. The Labute approximate surface area is 155 Å². The highest BCUT2D eigenvalue weighted by molar-refractivity contribution is 6.34. The molecule has 2 amide bonds. The van der Waals surface area contributed by atoms with Crippen LogP contribution in [0.1, 0.15) is 11.7 Å². The molecule has 4 nitrogen and oxygen atoms in total. The first-order valence-electron chi connectivity index (χ1n) is 7.41. The lowest BCUT2D eigenvalue weighted by molar-refractivity contribution is -0.0134. The molecular weight excluding hydrogens is 371 g/mol. The minimum Gasteiger partial charge on any atom is -0.370 e. The number of anilines is 1. The summed E-state index contributed by atoms with van der Waals surface area (Å²) in [5.41, 5.74) is 1.43. The number of morpholine rings is 1. The van der Waals surface area contributed by atoms with Crippen LogP contribution in [0.15, 0.2) is 42.5 Å². The molecule has 3 rings (SSSR count). The van der Waals surface area contributed by atoms with E-state index in [-0.39, 0.29) is 12.1 Å². The molecule has 0 aromatic heterocycles. The minimum absolute atomic E-state index is 0.218. The number of benzene rings is 2. The molecule has 2 aromatic rings. The fourth-order valence-corrected chi connectivity index (χ4v) is 3.28. The molecule has 0 saturated carbocycles. The number of carbonyl (C=O) groups excluding carboxylic acids is 1. The van der Waals surface area contributed by atoms with Crippen molar-refractivity contribution in [2.24, 2.45) is 0 Å². The van der Waals surface area contributed by atoms with Crippen molar-refractivity contribution in [3.05, 3.63) is 63.1 Å². The van der Waals surface area contributed by atoms with Crippen LogP contribution < -0.4 is 5.32 Å². The lowest BCUT2D eigenvalue weighted by Crippen LogP contribution is -2.44. The molecule has 0 radical (unpaired) electrons. The molecule has 0 aliphatic carbocycles. The van der Waals surface area contributed by atoms with Gasteiger partial charge in [-0.25, -0.2) is 4.79 Å². The van der Waals surface area contributed by atoms with Crippen LogP contribution in [0.5, 0.6) is 0 Å². The monoisotopic (exact) mass is 384 g/mol. The number of para-hydroxylation sites is 1. The van der Waals surface area contributed by atoms with Crippen molar-refractivity contribution in [3.8, 4) is 0 Å². The summed E-state index contributed by atoms with van der Waals surface area (Å²) in [7, 11) is 0. The van der Waals surface area contributed by atoms with E-state index in [1.54, 1.807) is 35.2 Å². The summed E-state index contributed by atoms with van der Waals surface area (Å²) in [6, 6.07) is 12.2. The minimum atomic E-state index is -0.271. The normalized spacial score (nSPS) is 17.6. The van der Waals surface area contributed by atoms with E-state index in [2.05, 4.69) is 5.32 Å². The zero-order valence-electron chi connectivity index (χ0n) is 12.6. The number of rotatable bonds is 2. The highest BCUT2D eigenvalue weighted by atomic mass is 35.5. The maximum Gasteiger partial charge on any atom is 0.322 e. The Bertz CT molecular complexity index is 734. The largest absolute Gasteiger partial charge is 0.370 e. The predicted octanol–water partition coefficient (Wildman–Crippen LogP) is 5.25. The molecule has 0 spiro atoms. The van der Waals surface area contributed by atoms with Crippen molar-refractivity contribution in [2.75, 3.05) is 25.0 Å². The number of halogens is 3. The Morgan fingerprint density at radius 1 is 1.12 bits per heavy atom. The maximum atomic E-state index is 12.5. The van der Waals surface area contributed by atoms with Gasteiger partial charge in [0, 0.05) is 16.6 Å². The summed E-state index contributed by atoms with van der Waals surface area (Å²) in [6.07, 6.45) is -0.271. The summed E-state index contributed by atoms with van der Waals surface area (Å²) in [6.45, 7) is 1.35. The second kappa shape index (κ2) is 7.62. The third kappa shape index (κ3) is 4.14.